The SMILES string of the molecule is C=C(O)C1CC(NC)CN1. The van der Waals surface area contributed by atoms with Gasteiger partial charge in [0.1, 0.15) is 5.76 Å². The van der Waals surface area contributed by atoms with Gasteiger partial charge in [0, 0.05) is 12.6 Å². The molecule has 1 fully saturated rings. The van der Waals surface area contributed by atoms with Gasteiger partial charge in [-0.1, -0.05) is 6.58 Å². The summed E-state index contributed by atoms with van der Waals surface area (Å²) in [5.41, 5.74) is 0. The number of aliphatic hydroxyl groups is 1. The van der Waals surface area contributed by atoms with Crippen LogP contribution in [0.2, 0.25) is 0 Å². The zero-order valence-corrected chi connectivity index (χ0v) is 6.22. The Kier molecular flexibility index (Phi) is 2.29. The lowest BCUT2D eigenvalue weighted by Gasteiger charge is -2.07. The molecule has 0 aliphatic carbocycles. The van der Waals surface area contributed by atoms with Gasteiger partial charge in [-0.3, -0.25) is 0 Å². The van der Waals surface area contributed by atoms with Crippen LogP contribution in [0.1, 0.15) is 6.42 Å². The van der Waals surface area contributed by atoms with E-state index in [1.165, 1.54) is 0 Å². The first-order valence-corrected chi connectivity index (χ1v) is 3.52. The first-order chi connectivity index (χ1) is 4.74. The van der Waals surface area contributed by atoms with Gasteiger partial charge < -0.3 is 15.7 Å². The highest BCUT2D eigenvalue weighted by molar-refractivity contribution is 5.01. The van der Waals surface area contributed by atoms with Crippen molar-refractivity contribution in [1.82, 2.24) is 10.6 Å². The number of hydrogen-bond acceptors (Lipinski definition) is 3. The van der Waals surface area contributed by atoms with Crippen LogP contribution < -0.4 is 10.6 Å². The normalized spacial score (nSPS) is 32.5. The van der Waals surface area contributed by atoms with Crippen molar-refractivity contribution < 1.29 is 5.11 Å². The van der Waals surface area contributed by atoms with Crippen LogP contribution in [-0.2, 0) is 0 Å². The van der Waals surface area contributed by atoms with E-state index < -0.39 is 0 Å². The molecule has 0 aromatic carbocycles. The summed E-state index contributed by atoms with van der Waals surface area (Å²) in [6.07, 6.45) is 0.936. The van der Waals surface area contributed by atoms with Crippen molar-refractivity contribution in [2.75, 3.05) is 13.6 Å². The Bertz CT molecular complexity index is 136. The van der Waals surface area contributed by atoms with Crippen molar-refractivity contribution >= 4 is 0 Å². The predicted molar refractivity (Wildman–Crippen MR) is 41.0 cm³/mol. The second-order valence-electron chi connectivity index (χ2n) is 2.67. The second-order valence-corrected chi connectivity index (χ2v) is 2.67. The first-order valence-electron chi connectivity index (χ1n) is 3.52. The number of nitrogens with one attached hydrogen (secondary N) is 2. The van der Waals surface area contributed by atoms with Crippen LogP contribution in [0.3, 0.4) is 0 Å². The van der Waals surface area contributed by atoms with Crippen molar-refractivity contribution in [3.63, 3.8) is 0 Å². The lowest BCUT2D eigenvalue weighted by atomic mass is 10.1. The fourth-order valence-electron chi connectivity index (χ4n) is 1.21. The maximum Gasteiger partial charge on any atom is 0.102 e. The highest BCUT2D eigenvalue weighted by Gasteiger charge is 2.23. The van der Waals surface area contributed by atoms with Crippen LogP contribution in [-0.4, -0.2) is 30.8 Å². The quantitative estimate of drug-likeness (QED) is 0.476. The van der Waals surface area contributed by atoms with Crippen LogP contribution in [0.25, 0.3) is 0 Å². The summed E-state index contributed by atoms with van der Waals surface area (Å²) >= 11 is 0. The molecule has 0 saturated carbocycles. The molecule has 2 unspecified atom stereocenters. The number of aliphatic hydroxyl groups excluding tert-OH is 1. The summed E-state index contributed by atoms with van der Waals surface area (Å²) in [6.45, 7) is 4.39. The number of rotatable bonds is 2. The minimum Gasteiger partial charge on any atom is -0.511 e. The van der Waals surface area contributed by atoms with Gasteiger partial charge in [0.15, 0.2) is 0 Å². The molecule has 3 heteroatoms. The zero-order valence-electron chi connectivity index (χ0n) is 6.22. The van der Waals surface area contributed by atoms with Gasteiger partial charge in [0.2, 0.25) is 0 Å². The lowest BCUT2D eigenvalue weighted by Crippen LogP contribution is -2.27. The van der Waals surface area contributed by atoms with Crippen molar-refractivity contribution in [1.29, 1.82) is 0 Å². The van der Waals surface area contributed by atoms with Crippen LogP contribution in [0, 0.1) is 0 Å². The van der Waals surface area contributed by atoms with E-state index in [9.17, 15) is 0 Å². The lowest BCUT2D eigenvalue weighted by molar-refractivity contribution is 0.355. The Labute approximate surface area is 61.1 Å². The van der Waals surface area contributed by atoms with E-state index in [-0.39, 0.29) is 11.8 Å². The maximum absolute atomic E-state index is 8.98. The number of likely N-dealkylation sites (N-methyl/N-ethyl adjacent to an activating group) is 1. The molecule has 0 aromatic heterocycles. The van der Waals surface area contributed by atoms with Gasteiger partial charge in [-0.05, 0) is 13.5 Å². The maximum atomic E-state index is 8.98. The number of hydrogen-bond donors (Lipinski definition) is 3. The monoisotopic (exact) mass is 142 g/mol. The van der Waals surface area contributed by atoms with Crippen LogP contribution in [0.5, 0.6) is 0 Å². The van der Waals surface area contributed by atoms with Crippen molar-refractivity contribution in [3.8, 4) is 0 Å². The van der Waals surface area contributed by atoms with Crippen LogP contribution >= 0.6 is 0 Å². The summed E-state index contributed by atoms with van der Waals surface area (Å²) in [4.78, 5) is 0. The molecule has 0 radical (unpaired) electrons. The zero-order chi connectivity index (χ0) is 7.56. The highest BCUT2D eigenvalue weighted by atomic mass is 16.3. The van der Waals surface area contributed by atoms with E-state index >= 15 is 0 Å². The largest absolute Gasteiger partial charge is 0.511 e. The van der Waals surface area contributed by atoms with Crippen LogP contribution in [0.15, 0.2) is 12.3 Å². The summed E-state index contributed by atoms with van der Waals surface area (Å²) in [6, 6.07) is 0.575. The summed E-state index contributed by atoms with van der Waals surface area (Å²) in [7, 11) is 1.93. The third-order valence-electron chi connectivity index (χ3n) is 1.94. The summed E-state index contributed by atoms with van der Waals surface area (Å²) in [5.74, 6) is 0.248. The third kappa shape index (κ3) is 1.49. The Morgan fingerprint density at radius 2 is 2.50 bits per heavy atom. The average Bonchev–Trinajstić information content (AvgIpc) is 2.34. The second kappa shape index (κ2) is 3.03. The molecule has 2 atom stereocenters. The molecule has 0 amide bonds. The van der Waals surface area contributed by atoms with Crippen molar-refractivity contribution in [2.45, 2.75) is 18.5 Å². The Balaban J connectivity index is 2.35. The standard InChI is InChI=1S/C7H14N2O/c1-5(10)7-3-6(8-2)4-9-7/h6-10H,1,3-4H2,2H3. The molecule has 1 saturated heterocycles. The minimum atomic E-state index is 0.0949. The molecule has 0 aromatic rings. The van der Waals surface area contributed by atoms with Gasteiger partial charge >= 0.3 is 0 Å². The minimum absolute atomic E-state index is 0.0949. The van der Waals surface area contributed by atoms with E-state index in [0.717, 1.165) is 13.0 Å². The molecule has 58 valence electrons. The van der Waals surface area contributed by atoms with E-state index in [1.54, 1.807) is 0 Å². The molecule has 1 aliphatic heterocycles. The molecule has 0 spiro atoms. The highest BCUT2D eigenvalue weighted by Crippen LogP contribution is 2.10. The molecule has 1 aliphatic rings. The van der Waals surface area contributed by atoms with Crippen molar-refractivity contribution in [3.05, 3.63) is 12.3 Å². The van der Waals surface area contributed by atoms with Gasteiger partial charge in [-0.15, -0.1) is 0 Å². The predicted octanol–water partition coefficient (Wildman–Crippen LogP) is 0.00800. The van der Waals surface area contributed by atoms with Gasteiger partial charge in [-0.25, -0.2) is 0 Å². The topological polar surface area (TPSA) is 44.3 Å². The summed E-state index contributed by atoms with van der Waals surface area (Å²) < 4.78 is 0. The first kappa shape index (κ1) is 7.57. The fraction of sp³-hybridized carbons (Fsp3) is 0.714. The third-order valence-corrected chi connectivity index (χ3v) is 1.94. The van der Waals surface area contributed by atoms with Gasteiger partial charge in [-0.2, -0.15) is 0 Å². The van der Waals surface area contributed by atoms with Gasteiger partial charge in [0.25, 0.3) is 0 Å². The van der Waals surface area contributed by atoms with E-state index in [0.29, 0.717) is 6.04 Å². The Morgan fingerprint density at radius 3 is 2.80 bits per heavy atom. The average molecular weight is 142 g/mol. The molecular weight excluding hydrogens is 128 g/mol. The Hall–Kier alpha value is -0.540. The Morgan fingerprint density at radius 1 is 1.80 bits per heavy atom. The van der Waals surface area contributed by atoms with E-state index in [2.05, 4.69) is 17.2 Å². The van der Waals surface area contributed by atoms with Gasteiger partial charge in [0.05, 0.1) is 6.04 Å². The van der Waals surface area contributed by atoms with E-state index in [1.807, 2.05) is 7.05 Å². The van der Waals surface area contributed by atoms with E-state index in [4.69, 9.17) is 5.11 Å². The smallest absolute Gasteiger partial charge is 0.102 e. The van der Waals surface area contributed by atoms with Crippen LogP contribution in [0.4, 0.5) is 0 Å². The molecule has 0 bridgehead atoms. The molecule has 3 N–H and O–H groups in total. The molecule has 1 rings (SSSR count). The molecule has 1 heterocycles. The molecule has 3 nitrogen and oxygen atoms in total. The van der Waals surface area contributed by atoms with Crippen molar-refractivity contribution in [2.24, 2.45) is 0 Å². The molecular formula is C7H14N2O. The summed E-state index contributed by atoms with van der Waals surface area (Å²) in [5, 5.41) is 15.3. The fourth-order valence-corrected chi connectivity index (χ4v) is 1.21. The molecule has 10 heavy (non-hydrogen) atoms.